The van der Waals surface area contributed by atoms with Gasteiger partial charge in [-0.1, -0.05) is 11.6 Å². The molecule has 2 saturated heterocycles. The number of amides is 2. The van der Waals surface area contributed by atoms with Crippen LogP contribution in [-0.2, 0) is 14.3 Å². The molecule has 0 aliphatic carbocycles. The second-order valence-corrected chi connectivity index (χ2v) is 8.50. The monoisotopic (exact) mass is 422 g/mol. The van der Waals surface area contributed by atoms with Gasteiger partial charge in [0.25, 0.3) is 0 Å². The number of morpholine rings is 1. The number of piperidine rings is 1. The Morgan fingerprint density at radius 3 is 2.31 bits per heavy atom. The minimum Gasteiger partial charge on any atom is -0.494 e. The Hall–Kier alpha value is -1.79. The zero-order valence-electron chi connectivity index (χ0n) is 17.3. The Morgan fingerprint density at radius 1 is 1.07 bits per heavy atom. The van der Waals surface area contributed by atoms with Crippen LogP contribution in [0.5, 0.6) is 5.75 Å². The normalized spacial score (nSPS) is 23.1. The molecule has 2 heterocycles. The summed E-state index contributed by atoms with van der Waals surface area (Å²) in [6.07, 6.45) is 2.78. The Balaban J connectivity index is 1.35. The average molecular weight is 423 g/mol. The van der Waals surface area contributed by atoms with E-state index in [1.807, 2.05) is 35.8 Å². The molecule has 29 heavy (non-hydrogen) atoms. The van der Waals surface area contributed by atoms with Gasteiger partial charge >= 0.3 is 0 Å². The number of likely N-dealkylation sites (tertiary alicyclic amines) is 1. The van der Waals surface area contributed by atoms with Gasteiger partial charge < -0.3 is 19.3 Å². The van der Waals surface area contributed by atoms with Crippen LogP contribution < -0.4 is 4.74 Å². The molecule has 2 unspecified atom stereocenters. The number of hydrogen-bond donors (Lipinski definition) is 0. The van der Waals surface area contributed by atoms with E-state index in [1.165, 1.54) is 0 Å². The Morgan fingerprint density at radius 2 is 1.69 bits per heavy atom. The molecule has 160 valence electrons. The summed E-state index contributed by atoms with van der Waals surface area (Å²) in [7, 11) is 0. The van der Waals surface area contributed by atoms with Crippen LogP contribution in [0.3, 0.4) is 0 Å². The van der Waals surface area contributed by atoms with E-state index < -0.39 is 0 Å². The van der Waals surface area contributed by atoms with Crippen molar-refractivity contribution in [2.45, 2.75) is 51.7 Å². The number of benzene rings is 1. The number of carbonyl (C=O) groups is 2. The van der Waals surface area contributed by atoms with Crippen LogP contribution in [0.4, 0.5) is 0 Å². The number of ether oxygens (including phenoxy) is 2. The largest absolute Gasteiger partial charge is 0.494 e. The van der Waals surface area contributed by atoms with Gasteiger partial charge in [-0.3, -0.25) is 9.59 Å². The van der Waals surface area contributed by atoms with E-state index in [9.17, 15) is 9.59 Å². The molecule has 2 fully saturated rings. The zero-order chi connectivity index (χ0) is 20.8. The van der Waals surface area contributed by atoms with Crippen LogP contribution in [-0.4, -0.2) is 66.6 Å². The summed E-state index contributed by atoms with van der Waals surface area (Å²) in [4.78, 5) is 29.1. The third-order valence-corrected chi connectivity index (χ3v) is 5.80. The van der Waals surface area contributed by atoms with Crippen LogP contribution in [0.2, 0.25) is 5.02 Å². The first-order valence-electron chi connectivity index (χ1n) is 10.5. The molecule has 0 aromatic heterocycles. The fourth-order valence-electron chi connectivity index (χ4n) is 4.09. The van der Waals surface area contributed by atoms with Crippen LogP contribution in [0.25, 0.3) is 0 Å². The van der Waals surface area contributed by atoms with Gasteiger partial charge in [0.15, 0.2) is 0 Å². The minimum atomic E-state index is 0.0183. The molecule has 1 aromatic carbocycles. The smallest absolute Gasteiger partial charge is 0.225 e. The first kappa shape index (κ1) is 21.9. The first-order chi connectivity index (χ1) is 13.9. The minimum absolute atomic E-state index is 0.0183. The lowest BCUT2D eigenvalue weighted by molar-refractivity contribution is -0.150. The maximum absolute atomic E-state index is 12.8. The lowest BCUT2D eigenvalue weighted by Crippen LogP contribution is -2.51. The Kier molecular flexibility index (Phi) is 7.78. The maximum atomic E-state index is 12.8. The third-order valence-electron chi connectivity index (χ3n) is 5.55. The molecule has 0 N–H and O–H groups in total. The number of hydrogen-bond acceptors (Lipinski definition) is 4. The van der Waals surface area contributed by atoms with Crippen LogP contribution >= 0.6 is 11.6 Å². The Bertz CT molecular complexity index is 679. The van der Waals surface area contributed by atoms with Gasteiger partial charge in [-0.2, -0.15) is 0 Å². The fraction of sp³-hybridized carbons (Fsp3) is 0.636. The van der Waals surface area contributed by atoms with Gasteiger partial charge in [0.05, 0.1) is 18.8 Å². The van der Waals surface area contributed by atoms with E-state index in [0.717, 1.165) is 18.6 Å². The molecule has 0 spiro atoms. The molecule has 2 aliphatic rings. The number of halogens is 1. The second kappa shape index (κ2) is 10.3. The van der Waals surface area contributed by atoms with Gasteiger partial charge in [0, 0.05) is 43.5 Å². The molecule has 1 aromatic rings. The van der Waals surface area contributed by atoms with Crippen molar-refractivity contribution in [3.8, 4) is 5.75 Å². The highest BCUT2D eigenvalue weighted by molar-refractivity contribution is 6.30. The first-order valence-corrected chi connectivity index (χ1v) is 10.9. The molecule has 0 bridgehead atoms. The summed E-state index contributed by atoms with van der Waals surface area (Å²) in [5, 5.41) is 0.673. The molecule has 0 saturated carbocycles. The van der Waals surface area contributed by atoms with Crippen LogP contribution in [0.1, 0.15) is 39.5 Å². The molecule has 0 radical (unpaired) electrons. The summed E-state index contributed by atoms with van der Waals surface area (Å²) in [5.41, 5.74) is 0. The Labute approximate surface area is 178 Å². The molecule has 7 heteroatoms. The molecule has 2 aliphatic heterocycles. The molecular formula is C22H31ClN2O4. The predicted octanol–water partition coefficient (Wildman–Crippen LogP) is 3.37. The van der Waals surface area contributed by atoms with Crippen molar-refractivity contribution in [2.75, 3.05) is 32.8 Å². The van der Waals surface area contributed by atoms with E-state index in [0.29, 0.717) is 50.7 Å². The molecular weight excluding hydrogens is 392 g/mol. The summed E-state index contributed by atoms with van der Waals surface area (Å²) in [6, 6.07) is 7.21. The molecule has 3 rings (SSSR count). The van der Waals surface area contributed by atoms with Crippen LogP contribution in [0, 0.1) is 5.92 Å². The zero-order valence-corrected chi connectivity index (χ0v) is 18.1. The highest BCUT2D eigenvalue weighted by atomic mass is 35.5. The predicted molar refractivity (Wildman–Crippen MR) is 112 cm³/mol. The average Bonchev–Trinajstić information content (AvgIpc) is 2.71. The van der Waals surface area contributed by atoms with Crippen molar-refractivity contribution in [3.05, 3.63) is 29.3 Å². The molecule has 6 nitrogen and oxygen atoms in total. The van der Waals surface area contributed by atoms with Crippen molar-refractivity contribution >= 4 is 23.4 Å². The van der Waals surface area contributed by atoms with Gasteiger partial charge in [-0.15, -0.1) is 0 Å². The van der Waals surface area contributed by atoms with Gasteiger partial charge in [0.1, 0.15) is 5.75 Å². The van der Waals surface area contributed by atoms with E-state index in [1.54, 1.807) is 12.1 Å². The summed E-state index contributed by atoms with van der Waals surface area (Å²) >= 11 is 5.85. The van der Waals surface area contributed by atoms with Crippen molar-refractivity contribution in [2.24, 2.45) is 5.92 Å². The van der Waals surface area contributed by atoms with Gasteiger partial charge in [-0.05, 0) is 57.4 Å². The number of rotatable bonds is 6. The highest BCUT2D eigenvalue weighted by Gasteiger charge is 2.33. The lowest BCUT2D eigenvalue weighted by Gasteiger charge is -2.39. The summed E-state index contributed by atoms with van der Waals surface area (Å²) < 4.78 is 11.4. The third kappa shape index (κ3) is 6.34. The second-order valence-electron chi connectivity index (χ2n) is 8.06. The molecule has 2 amide bonds. The topological polar surface area (TPSA) is 59.1 Å². The van der Waals surface area contributed by atoms with Crippen LogP contribution in [0.15, 0.2) is 24.3 Å². The number of carbonyl (C=O) groups excluding carboxylic acids is 2. The summed E-state index contributed by atoms with van der Waals surface area (Å²) in [6.45, 7) is 7.15. The van der Waals surface area contributed by atoms with E-state index in [-0.39, 0.29) is 29.9 Å². The highest BCUT2D eigenvalue weighted by Crippen LogP contribution is 2.23. The number of nitrogens with zero attached hydrogens (tertiary/aromatic N) is 2. The van der Waals surface area contributed by atoms with E-state index >= 15 is 0 Å². The molecule has 2 atom stereocenters. The quantitative estimate of drug-likeness (QED) is 0.659. The van der Waals surface area contributed by atoms with Gasteiger partial charge in [-0.25, -0.2) is 0 Å². The van der Waals surface area contributed by atoms with E-state index in [4.69, 9.17) is 21.1 Å². The SMILES string of the molecule is CC1CN(C(=O)C2CCN(C(=O)CCCOc3ccc(Cl)cc3)CC2)CC(C)O1. The van der Waals surface area contributed by atoms with Crippen molar-refractivity contribution < 1.29 is 19.1 Å². The fourth-order valence-corrected chi connectivity index (χ4v) is 4.22. The maximum Gasteiger partial charge on any atom is 0.225 e. The van der Waals surface area contributed by atoms with Gasteiger partial charge in [0.2, 0.25) is 11.8 Å². The lowest BCUT2D eigenvalue weighted by atomic mass is 9.94. The van der Waals surface area contributed by atoms with Crippen molar-refractivity contribution in [3.63, 3.8) is 0 Å². The summed E-state index contributed by atoms with van der Waals surface area (Å²) in [5.74, 6) is 1.14. The van der Waals surface area contributed by atoms with Crippen molar-refractivity contribution in [1.29, 1.82) is 0 Å². The van der Waals surface area contributed by atoms with Crippen molar-refractivity contribution in [1.82, 2.24) is 9.80 Å². The van der Waals surface area contributed by atoms with E-state index in [2.05, 4.69) is 0 Å². The standard InChI is InChI=1S/C22H31ClN2O4/c1-16-14-25(15-17(2)29-16)22(27)18-9-11-24(12-10-18)21(26)4-3-13-28-20-7-5-19(23)6-8-20/h5-8,16-18H,3-4,9-15H2,1-2H3.